The van der Waals surface area contributed by atoms with Crippen LogP contribution in [-0.2, 0) is 26.2 Å². The van der Waals surface area contributed by atoms with Gasteiger partial charge in [0.1, 0.15) is 12.6 Å². The van der Waals surface area contributed by atoms with Crippen LogP contribution in [0, 0.1) is 13.8 Å². The lowest BCUT2D eigenvalue weighted by molar-refractivity contribution is -0.139. The number of hydrogen-bond acceptors (Lipinski definition) is 4. The fourth-order valence-electron chi connectivity index (χ4n) is 3.94. The van der Waals surface area contributed by atoms with Crippen LogP contribution >= 0.6 is 11.6 Å². The minimum absolute atomic E-state index is 0.0416. The molecule has 0 spiro atoms. The topological polar surface area (TPSA) is 86.8 Å². The van der Waals surface area contributed by atoms with Crippen LogP contribution in [-0.4, -0.2) is 43.8 Å². The summed E-state index contributed by atoms with van der Waals surface area (Å²) in [4.78, 5) is 28.5. The quantitative estimate of drug-likeness (QED) is 0.331. The van der Waals surface area contributed by atoms with Crippen molar-refractivity contribution in [2.45, 2.75) is 64.6 Å². The first-order valence-electron chi connectivity index (χ1n) is 12.9. The van der Waals surface area contributed by atoms with Gasteiger partial charge in [0.05, 0.1) is 10.6 Å². The lowest BCUT2D eigenvalue weighted by Gasteiger charge is -2.32. The summed E-state index contributed by atoms with van der Waals surface area (Å²) < 4.78 is 28.8. The number of sulfonamides is 1. The van der Waals surface area contributed by atoms with E-state index in [9.17, 15) is 18.0 Å². The van der Waals surface area contributed by atoms with Crippen molar-refractivity contribution in [1.29, 1.82) is 0 Å². The molecule has 0 saturated heterocycles. The van der Waals surface area contributed by atoms with Gasteiger partial charge in [0.15, 0.2) is 0 Å². The predicted octanol–water partition coefficient (Wildman–Crippen LogP) is 5.48. The molecule has 0 fully saturated rings. The summed E-state index contributed by atoms with van der Waals surface area (Å²) in [6, 6.07) is 19.5. The number of nitrogens with one attached hydrogen (secondary N) is 1. The third-order valence-electron chi connectivity index (χ3n) is 6.68. The van der Waals surface area contributed by atoms with Crippen molar-refractivity contribution in [2.24, 2.45) is 0 Å². The number of halogens is 1. The molecule has 3 rings (SSSR count). The van der Waals surface area contributed by atoms with Crippen LogP contribution in [0.3, 0.4) is 0 Å². The molecule has 0 aromatic heterocycles. The Hall–Kier alpha value is -3.36. The number of amides is 2. The largest absolute Gasteiger partial charge is 0.352 e. The van der Waals surface area contributed by atoms with Crippen molar-refractivity contribution in [3.8, 4) is 0 Å². The Balaban J connectivity index is 2.03. The number of hydrogen-bond donors (Lipinski definition) is 1. The highest BCUT2D eigenvalue weighted by Crippen LogP contribution is 2.26. The number of carbonyl (C=O) groups is 2. The molecule has 0 aliphatic heterocycles. The molecule has 208 valence electrons. The fraction of sp³-hybridized carbons (Fsp3) is 0.333. The number of aryl methyl sites for hydroxylation is 2. The Morgan fingerprint density at radius 2 is 1.46 bits per heavy atom. The summed E-state index contributed by atoms with van der Waals surface area (Å²) in [5.74, 6) is -0.856. The standard InChI is InChI=1S/C30H36ClN3O4S/c1-6-23(4)32-30(36)24(5)33(19-25-9-7-8-10-28(25)31)29(35)20-34(26-15-11-21(2)12-16-26)39(37,38)27-17-13-22(3)14-18-27/h7-18,23-24H,6,19-20H2,1-5H3,(H,32,36)/t23-,24+/m0/s1. The summed E-state index contributed by atoms with van der Waals surface area (Å²) in [6.07, 6.45) is 0.729. The first-order chi connectivity index (χ1) is 18.4. The highest BCUT2D eigenvalue weighted by atomic mass is 35.5. The fourth-order valence-corrected chi connectivity index (χ4v) is 5.55. The van der Waals surface area contributed by atoms with Crippen LogP contribution in [0.15, 0.2) is 77.7 Å². The number of rotatable bonds is 11. The summed E-state index contributed by atoms with van der Waals surface area (Å²) in [6.45, 7) is 8.80. The molecule has 9 heteroatoms. The number of nitrogens with zero attached hydrogens (tertiary/aromatic N) is 2. The third kappa shape index (κ3) is 7.61. The van der Waals surface area contributed by atoms with Crippen LogP contribution in [0.5, 0.6) is 0 Å². The van der Waals surface area contributed by atoms with E-state index in [4.69, 9.17) is 11.6 Å². The van der Waals surface area contributed by atoms with Crippen LogP contribution in [0.4, 0.5) is 5.69 Å². The Kier molecular flexibility index (Phi) is 10.2. The van der Waals surface area contributed by atoms with E-state index in [0.717, 1.165) is 21.9 Å². The van der Waals surface area contributed by atoms with Crippen molar-refractivity contribution in [3.63, 3.8) is 0 Å². The summed E-state index contributed by atoms with van der Waals surface area (Å²) >= 11 is 6.40. The van der Waals surface area contributed by atoms with Crippen LogP contribution < -0.4 is 9.62 Å². The average molecular weight is 570 g/mol. The summed E-state index contributed by atoms with van der Waals surface area (Å²) in [7, 11) is -4.10. The van der Waals surface area contributed by atoms with Crippen molar-refractivity contribution in [3.05, 3.63) is 94.5 Å². The van der Waals surface area contributed by atoms with E-state index in [1.165, 1.54) is 17.0 Å². The molecule has 7 nitrogen and oxygen atoms in total. The highest BCUT2D eigenvalue weighted by molar-refractivity contribution is 7.92. The van der Waals surface area contributed by atoms with Gasteiger partial charge in [-0.15, -0.1) is 0 Å². The molecule has 3 aromatic rings. The van der Waals surface area contributed by atoms with Gasteiger partial charge in [-0.05, 0) is 70.0 Å². The predicted molar refractivity (Wildman–Crippen MR) is 156 cm³/mol. The maximum Gasteiger partial charge on any atom is 0.264 e. The molecule has 0 radical (unpaired) electrons. The highest BCUT2D eigenvalue weighted by Gasteiger charge is 2.33. The minimum atomic E-state index is -4.10. The van der Waals surface area contributed by atoms with Crippen LogP contribution in [0.2, 0.25) is 5.02 Å². The zero-order valence-electron chi connectivity index (χ0n) is 23.0. The van der Waals surface area contributed by atoms with Gasteiger partial charge in [0.25, 0.3) is 10.0 Å². The smallest absolute Gasteiger partial charge is 0.264 e. The van der Waals surface area contributed by atoms with E-state index in [2.05, 4.69) is 5.32 Å². The molecule has 3 aromatic carbocycles. The lowest BCUT2D eigenvalue weighted by atomic mass is 10.1. The van der Waals surface area contributed by atoms with Crippen molar-refractivity contribution < 1.29 is 18.0 Å². The van der Waals surface area contributed by atoms with Crippen LogP contribution in [0.1, 0.15) is 43.9 Å². The first kappa shape index (κ1) is 30.2. The Labute approximate surface area is 236 Å². The minimum Gasteiger partial charge on any atom is -0.352 e. The molecule has 2 amide bonds. The van der Waals surface area contributed by atoms with Gasteiger partial charge in [-0.25, -0.2) is 8.42 Å². The van der Waals surface area contributed by atoms with E-state index in [-0.39, 0.29) is 23.4 Å². The molecule has 2 atom stereocenters. The van der Waals surface area contributed by atoms with E-state index in [1.54, 1.807) is 67.6 Å². The Morgan fingerprint density at radius 1 is 0.897 bits per heavy atom. The molecule has 1 N–H and O–H groups in total. The SMILES string of the molecule is CC[C@H](C)NC(=O)[C@@H](C)N(Cc1ccccc1Cl)C(=O)CN(c1ccc(C)cc1)S(=O)(=O)c1ccc(C)cc1. The van der Waals surface area contributed by atoms with E-state index in [0.29, 0.717) is 16.3 Å². The van der Waals surface area contributed by atoms with Gasteiger partial charge in [-0.2, -0.15) is 0 Å². The van der Waals surface area contributed by atoms with Gasteiger partial charge in [-0.1, -0.05) is 72.1 Å². The molecular weight excluding hydrogens is 534 g/mol. The molecule has 0 saturated carbocycles. The molecule has 39 heavy (non-hydrogen) atoms. The third-order valence-corrected chi connectivity index (χ3v) is 8.83. The number of benzene rings is 3. The maximum atomic E-state index is 13.9. The Morgan fingerprint density at radius 3 is 2.03 bits per heavy atom. The Bertz CT molecular complexity index is 1390. The van der Waals surface area contributed by atoms with Gasteiger partial charge >= 0.3 is 0 Å². The maximum absolute atomic E-state index is 13.9. The first-order valence-corrected chi connectivity index (χ1v) is 14.7. The van der Waals surface area contributed by atoms with Crippen molar-refractivity contribution >= 4 is 39.1 Å². The monoisotopic (exact) mass is 569 g/mol. The summed E-state index contributed by atoms with van der Waals surface area (Å²) in [5, 5.41) is 3.37. The zero-order valence-corrected chi connectivity index (χ0v) is 24.6. The molecular formula is C30H36ClN3O4S. The number of anilines is 1. The second-order valence-electron chi connectivity index (χ2n) is 9.77. The van der Waals surface area contributed by atoms with Gasteiger partial charge in [0.2, 0.25) is 11.8 Å². The van der Waals surface area contributed by atoms with Gasteiger partial charge in [0, 0.05) is 17.6 Å². The average Bonchev–Trinajstić information content (AvgIpc) is 2.91. The molecule has 0 heterocycles. The van der Waals surface area contributed by atoms with E-state index < -0.39 is 28.5 Å². The lowest BCUT2D eigenvalue weighted by Crippen LogP contribution is -2.52. The van der Waals surface area contributed by atoms with E-state index >= 15 is 0 Å². The van der Waals surface area contributed by atoms with Crippen LogP contribution in [0.25, 0.3) is 0 Å². The summed E-state index contributed by atoms with van der Waals surface area (Å²) in [5.41, 5.74) is 2.87. The second-order valence-corrected chi connectivity index (χ2v) is 12.0. The zero-order chi connectivity index (χ0) is 28.7. The molecule has 0 aliphatic rings. The molecule has 0 bridgehead atoms. The van der Waals surface area contributed by atoms with Gasteiger partial charge < -0.3 is 10.2 Å². The van der Waals surface area contributed by atoms with E-state index in [1.807, 2.05) is 27.7 Å². The van der Waals surface area contributed by atoms with Crippen molar-refractivity contribution in [1.82, 2.24) is 10.2 Å². The number of carbonyl (C=O) groups excluding carboxylic acids is 2. The van der Waals surface area contributed by atoms with Gasteiger partial charge in [-0.3, -0.25) is 13.9 Å². The normalized spacial score (nSPS) is 12.9. The molecule has 0 unspecified atom stereocenters. The van der Waals surface area contributed by atoms with Crippen molar-refractivity contribution in [2.75, 3.05) is 10.8 Å². The molecule has 0 aliphatic carbocycles. The second kappa shape index (κ2) is 13.1.